The molecule has 0 aliphatic carbocycles. The Kier molecular flexibility index (Phi) is 7.82. The van der Waals surface area contributed by atoms with Crippen molar-refractivity contribution in [1.29, 1.82) is 0 Å². The van der Waals surface area contributed by atoms with Gasteiger partial charge in [-0.1, -0.05) is 84.0 Å². The smallest absolute Gasteiger partial charge is 0.196 e. The second-order valence-electron chi connectivity index (χ2n) is 8.71. The molecule has 0 amide bonds. The Hall–Kier alpha value is -1.20. The number of nitrogens with two attached hydrogens (primary N) is 2. The molecular formula is C20H36N4S. The molecule has 25 heavy (non-hydrogen) atoms. The van der Waals surface area contributed by atoms with Gasteiger partial charge in [0.15, 0.2) is 5.17 Å². The fourth-order valence-electron chi connectivity index (χ4n) is 2.93. The quantitative estimate of drug-likeness (QED) is 0.326. The van der Waals surface area contributed by atoms with Crippen LogP contribution in [0.1, 0.15) is 71.4 Å². The maximum atomic E-state index is 5.70. The van der Waals surface area contributed by atoms with Crippen LogP contribution in [0.15, 0.2) is 29.4 Å². The van der Waals surface area contributed by atoms with E-state index in [0.29, 0.717) is 16.5 Å². The van der Waals surface area contributed by atoms with Crippen LogP contribution in [0.5, 0.6) is 0 Å². The van der Waals surface area contributed by atoms with Crippen LogP contribution in [-0.4, -0.2) is 17.2 Å². The molecule has 0 aliphatic rings. The van der Waals surface area contributed by atoms with Gasteiger partial charge < -0.3 is 5.84 Å². The van der Waals surface area contributed by atoms with E-state index in [2.05, 4.69) is 70.9 Å². The van der Waals surface area contributed by atoms with Crippen molar-refractivity contribution in [3.05, 3.63) is 35.4 Å². The SMILES string of the molecule is CCC(C)(C)C(CC(C)(C)C)c1ccc(CS/C(=N/N)N(C)N)cc1. The third kappa shape index (κ3) is 6.90. The Labute approximate surface area is 158 Å². The summed E-state index contributed by atoms with van der Waals surface area (Å²) in [7, 11) is 1.74. The summed E-state index contributed by atoms with van der Waals surface area (Å²) in [4.78, 5) is 0. The van der Waals surface area contributed by atoms with Crippen LogP contribution in [0.4, 0.5) is 0 Å². The van der Waals surface area contributed by atoms with E-state index in [-0.39, 0.29) is 5.41 Å². The molecule has 4 N–H and O–H groups in total. The standard InChI is InChI=1S/C20H36N4S/c1-8-20(5,6)17(13-19(2,3)4)16-11-9-15(10-12-16)14-25-18(23-21)24(7)22/h9-12,17H,8,13-14,21-22H2,1-7H3/b23-18+. The van der Waals surface area contributed by atoms with Crippen molar-refractivity contribution in [1.82, 2.24) is 5.01 Å². The highest BCUT2D eigenvalue weighted by Gasteiger charge is 2.32. The predicted octanol–water partition coefficient (Wildman–Crippen LogP) is 4.91. The monoisotopic (exact) mass is 364 g/mol. The van der Waals surface area contributed by atoms with Gasteiger partial charge >= 0.3 is 0 Å². The molecule has 0 spiro atoms. The maximum absolute atomic E-state index is 5.70. The van der Waals surface area contributed by atoms with Crippen molar-refractivity contribution >= 4 is 16.9 Å². The summed E-state index contributed by atoms with van der Waals surface area (Å²) in [6, 6.07) is 9.01. The fourth-order valence-corrected chi connectivity index (χ4v) is 3.69. The van der Waals surface area contributed by atoms with Crippen molar-refractivity contribution < 1.29 is 0 Å². The zero-order valence-electron chi connectivity index (χ0n) is 17.0. The molecule has 4 nitrogen and oxygen atoms in total. The zero-order chi connectivity index (χ0) is 19.3. The summed E-state index contributed by atoms with van der Waals surface area (Å²) in [5.74, 6) is 12.4. The highest BCUT2D eigenvalue weighted by Crippen LogP contribution is 2.45. The molecular weight excluding hydrogens is 328 g/mol. The normalized spacial score (nSPS) is 14.5. The van der Waals surface area contributed by atoms with Gasteiger partial charge in [-0.3, -0.25) is 5.01 Å². The van der Waals surface area contributed by atoms with Crippen molar-refractivity contribution in [3.8, 4) is 0 Å². The van der Waals surface area contributed by atoms with Crippen LogP contribution in [0.2, 0.25) is 0 Å². The lowest BCUT2D eigenvalue weighted by atomic mass is 9.67. The molecule has 0 saturated carbocycles. The van der Waals surface area contributed by atoms with E-state index >= 15 is 0 Å². The molecule has 0 heterocycles. The fraction of sp³-hybridized carbons (Fsp3) is 0.650. The lowest BCUT2D eigenvalue weighted by molar-refractivity contribution is 0.203. The molecule has 0 bridgehead atoms. The van der Waals surface area contributed by atoms with Gasteiger partial charge in [-0.2, -0.15) is 5.10 Å². The van der Waals surface area contributed by atoms with E-state index in [9.17, 15) is 0 Å². The third-order valence-electron chi connectivity index (χ3n) is 4.83. The number of hydrazine groups is 1. The van der Waals surface area contributed by atoms with Crippen LogP contribution >= 0.6 is 11.8 Å². The Morgan fingerprint density at radius 2 is 1.72 bits per heavy atom. The number of hydrogen-bond acceptors (Lipinski definition) is 4. The van der Waals surface area contributed by atoms with E-state index in [1.165, 1.54) is 29.0 Å². The van der Waals surface area contributed by atoms with E-state index < -0.39 is 0 Å². The van der Waals surface area contributed by atoms with Crippen LogP contribution in [0.3, 0.4) is 0 Å². The van der Waals surface area contributed by atoms with E-state index in [0.717, 1.165) is 5.75 Å². The van der Waals surface area contributed by atoms with Crippen molar-refractivity contribution in [2.45, 2.75) is 66.1 Å². The molecule has 1 aromatic rings. The minimum absolute atomic E-state index is 0.283. The summed E-state index contributed by atoms with van der Waals surface area (Å²) in [6.07, 6.45) is 2.36. The van der Waals surface area contributed by atoms with Crippen LogP contribution in [0.25, 0.3) is 0 Å². The molecule has 1 unspecified atom stereocenters. The first-order chi connectivity index (χ1) is 11.5. The number of hydrazone groups is 1. The van der Waals surface area contributed by atoms with Gasteiger partial charge in [0.05, 0.1) is 0 Å². The highest BCUT2D eigenvalue weighted by atomic mass is 32.2. The van der Waals surface area contributed by atoms with E-state index in [1.54, 1.807) is 18.8 Å². The lowest BCUT2D eigenvalue weighted by Gasteiger charge is -2.38. The number of nitrogens with zero attached hydrogens (tertiary/aromatic N) is 2. The van der Waals surface area contributed by atoms with Crippen molar-refractivity contribution in [2.75, 3.05) is 7.05 Å². The Bertz CT molecular complexity index is 556. The van der Waals surface area contributed by atoms with Gasteiger partial charge in [0.2, 0.25) is 0 Å². The molecule has 1 aromatic carbocycles. The molecule has 0 aromatic heterocycles. The third-order valence-corrected chi connectivity index (χ3v) is 5.96. The van der Waals surface area contributed by atoms with Crippen LogP contribution in [-0.2, 0) is 5.75 Å². The van der Waals surface area contributed by atoms with E-state index in [4.69, 9.17) is 11.7 Å². The molecule has 0 radical (unpaired) electrons. The van der Waals surface area contributed by atoms with Gasteiger partial charge in [0.25, 0.3) is 0 Å². The summed E-state index contributed by atoms with van der Waals surface area (Å²) < 4.78 is 0. The van der Waals surface area contributed by atoms with Crippen molar-refractivity contribution in [3.63, 3.8) is 0 Å². The minimum Gasteiger partial charge on any atom is -0.321 e. The summed E-state index contributed by atoms with van der Waals surface area (Å²) >= 11 is 1.54. The topological polar surface area (TPSA) is 67.6 Å². The zero-order valence-corrected chi connectivity index (χ0v) is 17.8. The first-order valence-corrected chi connectivity index (χ1v) is 9.96. The van der Waals surface area contributed by atoms with Gasteiger partial charge in [0.1, 0.15) is 0 Å². The van der Waals surface area contributed by atoms with Gasteiger partial charge in [-0.15, -0.1) is 0 Å². The Morgan fingerprint density at radius 1 is 1.16 bits per heavy atom. The van der Waals surface area contributed by atoms with Crippen molar-refractivity contribution in [2.24, 2.45) is 27.6 Å². The largest absolute Gasteiger partial charge is 0.321 e. The number of thioether (sulfide) groups is 1. The number of amidine groups is 1. The molecule has 0 fully saturated rings. The molecule has 1 rings (SSSR count). The van der Waals surface area contributed by atoms with Gasteiger partial charge in [-0.25, -0.2) is 5.84 Å². The van der Waals surface area contributed by atoms with Gasteiger partial charge in [-0.05, 0) is 34.3 Å². The second kappa shape index (κ2) is 8.95. The molecule has 0 aliphatic heterocycles. The first kappa shape index (κ1) is 21.8. The summed E-state index contributed by atoms with van der Waals surface area (Å²) in [6.45, 7) is 14.0. The lowest BCUT2D eigenvalue weighted by Crippen LogP contribution is -2.31. The number of hydrogen-bond donors (Lipinski definition) is 2. The summed E-state index contributed by atoms with van der Waals surface area (Å²) in [5.41, 5.74) is 3.27. The van der Waals surface area contributed by atoms with Gasteiger partial charge in [0, 0.05) is 12.8 Å². The highest BCUT2D eigenvalue weighted by molar-refractivity contribution is 8.13. The van der Waals surface area contributed by atoms with Crippen LogP contribution in [0, 0.1) is 10.8 Å². The molecule has 0 saturated heterocycles. The molecule has 5 heteroatoms. The van der Waals surface area contributed by atoms with E-state index in [1.807, 2.05) is 0 Å². The minimum atomic E-state index is 0.283. The number of benzene rings is 1. The summed E-state index contributed by atoms with van der Waals surface area (Å²) in [5, 5.41) is 5.79. The Morgan fingerprint density at radius 3 is 2.12 bits per heavy atom. The van der Waals surface area contributed by atoms with Crippen LogP contribution < -0.4 is 11.7 Å². The second-order valence-corrected chi connectivity index (χ2v) is 9.65. The average molecular weight is 365 g/mol. The Balaban J connectivity index is 2.93. The first-order valence-electron chi connectivity index (χ1n) is 8.98. The molecule has 1 atom stereocenters. The maximum Gasteiger partial charge on any atom is 0.196 e. The average Bonchev–Trinajstić information content (AvgIpc) is 2.52. The molecule has 142 valence electrons. The number of rotatable bonds is 6. The predicted molar refractivity (Wildman–Crippen MR) is 112 cm³/mol.